The number of hydrogen-bond donors (Lipinski definition) is 1. The molecule has 0 atom stereocenters. The zero-order valence-electron chi connectivity index (χ0n) is 10.8. The molecule has 0 saturated carbocycles. The first-order valence-corrected chi connectivity index (χ1v) is 6.85. The van der Waals surface area contributed by atoms with Gasteiger partial charge in [0.15, 0.2) is 5.82 Å². The van der Waals surface area contributed by atoms with Crippen molar-refractivity contribution in [1.82, 2.24) is 20.2 Å². The SMILES string of the molecule is Cc1ccc(Br)c(-n2nnnc2-c2cccc(N)c2)c1. The van der Waals surface area contributed by atoms with Crippen LogP contribution in [0.5, 0.6) is 0 Å². The van der Waals surface area contributed by atoms with Gasteiger partial charge in [-0.3, -0.25) is 0 Å². The molecule has 0 aliphatic rings. The second-order valence-corrected chi connectivity index (χ2v) is 5.35. The van der Waals surface area contributed by atoms with Crippen molar-refractivity contribution in [3.8, 4) is 17.1 Å². The predicted molar refractivity (Wildman–Crippen MR) is 81.4 cm³/mol. The third-order valence-electron chi connectivity index (χ3n) is 2.94. The van der Waals surface area contributed by atoms with Crippen molar-refractivity contribution >= 4 is 21.6 Å². The summed E-state index contributed by atoms with van der Waals surface area (Å²) in [5.41, 5.74) is 9.41. The summed E-state index contributed by atoms with van der Waals surface area (Å²) in [5, 5.41) is 12.0. The summed E-state index contributed by atoms with van der Waals surface area (Å²) < 4.78 is 2.63. The number of aryl methyl sites for hydroxylation is 1. The van der Waals surface area contributed by atoms with Gasteiger partial charge in [0.25, 0.3) is 0 Å². The number of anilines is 1. The number of nitrogens with zero attached hydrogens (tertiary/aromatic N) is 4. The van der Waals surface area contributed by atoms with Crippen molar-refractivity contribution in [3.63, 3.8) is 0 Å². The van der Waals surface area contributed by atoms with Crippen molar-refractivity contribution in [1.29, 1.82) is 0 Å². The zero-order valence-corrected chi connectivity index (χ0v) is 12.4. The van der Waals surface area contributed by atoms with Crippen LogP contribution in [0.3, 0.4) is 0 Å². The van der Waals surface area contributed by atoms with Gasteiger partial charge >= 0.3 is 0 Å². The summed E-state index contributed by atoms with van der Waals surface area (Å²) in [4.78, 5) is 0. The molecule has 0 amide bonds. The molecule has 2 aromatic carbocycles. The largest absolute Gasteiger partial charge is 0.399 e. The van der Waals surface area contributed by atoms with E-state index in [0.717, 1.165) is 21.3 Å². The quantitative estimate of drug-likeness (QED) is 0.734. The summed E-state index contributed by atoms with van der Waals surface area (Å²) >= 11 is 3.53. The van der Waals surface area contributed by atoms with Crippen LogP contribution in [0.4, 0.5) is 5.69 Å². The molecule has 0 unspecified atom stereocenters. The number of tetrazole rings is 1. The van der Waals surface area contributed by atoms with Gasteiger partial charge in [0, 0.05) is 15.7 Å². The third kappa shape index (κ3) is 2.30. The second kappa shape index (κ2) is 5.05. The van der Waals surface area contributed by atoms with Crippen molar-refractivity contribution in [2.24, 2.45) is 0 Å². The lowest BCUT2D eigenvalue weighted by Crippen LogP contribution is -2.01. The lowest BCUT2D eigenvalue weighted by atomic mass is 10.2. The fourth-order valence-corrected chi connectivity index (χ4v) is 2.41. The molecule has 0 radical (unpaired) electrons. The Morgan fingerprint density at radius 3 is 2.80 bits per heavy atom. The number of hydrogen-bond acceptors (Lipinski definition) is 4. The molecule has 0 aliphatic heterocycles. The first-order valence-electron chi connectivity index (χ1n) is 6.06. The highest BCUT2D eigenvalue weighted by Gasteiger charge is 2.13. The number of nitrogen functional groups attached to an aromatic ring is 1. The maximum Gasteiger partial charge on any atom is 0.187 e. The molecule has 3 rings (SSSR count). The van der Waals surface area contributed by atoms with Gasteiger partial charge in [-0.25, -0.2) is 0 Å². The highest BCUT2D eigenvalue weighted by molar-refractivity contribution is 9.10. The lowest BCUT2D eigenvalue weighted by molar-refractivity contribution is 0.788. The van der Waals surface area contributed by atoms with E-state index in [1.54, 1.807) is 4.68 Å². The minimum absolute atomic E-state index is 0.656. The highest BCUT2D eigenvalue weighted by Crippen LogP contribution is 2.26. The summed E-state index contributed by atoms with van der Waals surface area (Å²) in [5.74, 6) is 0.656. The van der Waals surface area contributed by atoms with E-state index in [4.69, 9.17) is 5.73 Å². The molecule has 5 nitrogen and oxygen atoms in total. The lowest BCUT2D eigenvalue weighted by Gasteiger charge is -2.08. The van der Waals surface area contributed by atoms with Gasteiger partial charge in [-0.1, -0.05) is 18.2 Å². The van der Waals surface area contributed by atoms with Crippen molar-refractivity contribution < 1.29 is 0 Å². The molecule has 0 saturated heterocycles. The van der Waals surface area contributed by atoms with E-state index < -0.39 is 0 Å². The Morgan fingerprint density at radius 2 is 2.00 bits per heavy atom. The van der Waals surface area contributed by atoms with Gasteiger partial charge in [-0.15, -0.1) is 5.10 Å². The van der Waals surface area contributed by atoms with Crippen LogP contribution in [0.1, 0.15) is 5.56 Å². The van der Waals surface area contributed by atoms with Crippen LogP contribution in [-0.4, -0.2) is 20.2 Å². The normalized spacial score (nSPS) is 10.7. The fourth-order valence-electron chi connectivity index (χ4n) is 1.99. The molecular formula is C14H12BrN5. The zero-order chi connectivity index (χ0) is 14.1. The van der Waals surface area contributed by atoms with E-state index in [2.05, 4.69) is 31.5 Å². The van der Waals surface area contributed by atoms with E-state index in [1.165, 1.54) is 0 Å². The first-order chi connectivity index (χ1) is 9.65. The monoisotopic (exact) mass is 329 g/mol. The van der Waals surface area contributed by atoms with Crippen LogP contribution in [-0.2, 0) is 0 Å². The average Bonchev–Trinajstić information content (AvgIpc) is 2.90. The second-order valence-electron chi connectivity index (χ2n) is 4.49. The van der Waals surface area contributed by atoms with E-state index in [-0.39, 0.29) is 0 Å². The van der Waals surface area contributed by atoms with Crippen LogP contribution < -0.4 is 5.73 Å². The van der Waals surface area contributed by atoms with Gasteiger partial charge in [0.1, 0.15) is 0 Å². The molecule has 0 bridgehead atoms. The molecule has 0 spiro atoms. The first kappa shape index (κ1) is 12.8. The molecule has 2 N–H and O–H groups in total. The van der Waals surface area contributed by atoms with Crippen LogP contribution >= 0.6 is 15.9 Å². The number of nitrogens with two attached hydrogens (primary N) is 1. The Hall–Kier alpha value is -2.21. The number of rotatable bonds is 2. The molecule has 1 heterocycles. The Balaban J connectivity index is 2.18. The smallest absolute Gasteiger partial charge is 0.187 e. The minimum Gasteiger partial charge on any atom is -0.399 e. The summed E-state index contributed by atoms with van der Waals surface area (Å²) in [7, 11) is 0. The Labute approximate surface area is 124 Å². The van der Waals surface area contributed by atoms with Gasteiger partial charge in [0.2, 0.25) is 0 Å². The van der Waals surface area contributed by atoms with Gasteiger partial charge < -0.3 is 5.73 Å². The van der Waals surface area contributed by atoms with Crippen LogP contribution in [0.2, 0.25) is 0 Å². The Bertz CT molecular complexity index is 766. The fraction of sp³-hybridized carbons (Fsp3) is 0.0714. The van der Waals surface area contributed by atoms with E-state index in [9.17, 15) is 0 Å². The van der Waals surface area contributed by atoms with Crippen LogP contribution in [0, 0.1) is 6.92 Å². The Kier molecular flexibility index (Phi) is 3.23. The van der Waals surface area contributed by atoms with Crippen molar-refractivity contribution in [2.45, 2.75) is 6.92 Å². The summed E-state index contributed by atoms with van der Waals surface area (Å²) in [6, 6.07) is 13.5. The molecule has 0 aliphatic carbocycles. The molecule has 6 heteroatoms. The van der Waals surface area contributed by atoms with Gasteiger partial charge in [-0.05, 0) is 63.1 Å². The van der Waals surface area contributed by atoms with Gasteiger partial charge in [0.05, 0.1) is 5.69 Å². The summed E-state index contributed by atoms with van der Waals surface area (Å²) in [6.07, 6.45) is 0. The molecular weight excluding hydrogens is 318 g/mol. The molecule has 3 aromatic rings. The molecule has 100 valence electrons. The number of aromatic nitrogens is 4. The minimum atomic E-state index is 0.656. The molecule has 1 aromatic heterocycles. The number of benzene rings is 2. The maximum absolute atomic E-state index is 5.82. The highest BCUT2D eigenvalue weighted by atomic mass is 79.9. The van der Waals surface area contributed by atoms with Crippen LogP contribution in [0.15, 0.2) is 46.9 Å². The Morgan fingerprint density at radius 1 is 1.15 bits per heavy atom. The maximum atomic E-state index is 5.82. The average molecular weight is 330 g/mol. The van der Waals surface area contributed by atoms with E-state index in [1.807, 2.05) is 49.4 Å². The predicted octanol–water partition coefficient (Wildman–Crippen LogP) is 2.98. The molecule has 20 heavy (non-hydrogen) atoms. The standard InChI is InChI=1S/C14H12BrN5/c1-9-5-6-12(15)13(7-9)20-14(17-18-19-20)10-3-2-4-11(16)8-10/h2-8H,16H2,1H3. The van der Waals surface area contributed by atoms with Crippen LogP contribution in [0.25, 0.3) is 17.1 Å². The van der Waals surface area contributed by atoms with Crippen molar-refractivity contribution in [3.05, 3.63) is 52.5 Å². The summed E-state index contributed by atoms with van der Waals surface area (Å²) in [6.45, 7) is 2.03. The van der Waals surface area contributed by atoms with Gasteiger partial charge in [-0.2, -0.15) is 4.68 Å². The van der Waals surface area contributed by atoms with E-state index >= 15 is 0 Å². The number of halogens is 1. The third-order valence-corrected chi connectivity index (χ3v) is 3.61. The molecule has 0 fully saturated rings. The topological polar surface area (TPSA) is 69.6 Å². The van der Waals surface area contributed by atoms with Crippen molar-refractivity contribution in [2.75, 3.05) is 5.73 Å². The van der Waals surface area contributed by atoms with E-state index in [0.29, 0.717) is 11.5 Å².